The van der Waals surface area contributed by atoms with Crippen molar-refractivity contribution in [2.75, 3.05) is 18.8 Å². The first kappa shape index (κ1) is 20.2. The molecular weight excluding hydrogens is 402 g/mol. The van der Waals surface area contributed by atoms with Crippen LogP contribution in [0.25, 0.3) is 15.9 Å². The number of amides is 1. The fourth-order valence-corrected chi connectivity index (χ4v) is 5.77. The Morgan fingerprint density at radius 3 is 2.66 bits per heavy atom. The van der Waals surface area contributed by atoms with Crippen LogP contribution in [0.2, 0.25) is 0 Å². The summed E-state index contributed by atoms with van der Waals surface area (Å²) in [6.45, 7) is 8.00. The smallest absolute Gasteiger partial charge is 0.276 e. The second-order valence-corrected chi connectivity index (χ2v) is 9.85. The molecular formula is C22H25N3O2S2. The van der Waals surface area contributed by atoms with Gasteiger partial charge >= 0.3 is 0 Å². The van der Waals surface area contributed by atoms with E-state index in [-0.39, 0.29) is 17.2 Å². The molecule has 5 nitrogen and oxygen atoms in total. The molecule has 3 heterocycles. The fourth-order valence-electron chi connectivity index (χ4n) is 4.10. The number of aromatic nitrogens is 2. The minimum absolute atomic E-state index is 0.0746. The normalized spacial score (nSPS) is 19.6. The molecule has 0 N–H and O–H groups in total. The van der Waals surface area contributed by atoms with Crippen molar-refractivity contribution >= 4 is 39.2 Å². The lowest BCUT2D eigenvalue weighted by Crippen LogP contribution is -2.43. The van der Waals surface area contributed by atoms with Crippen molar-refractivity contribution in [2.24, 2.45) is 11.8 Å². The van der Waals surface area contributed by atoms with Gasteiger partial charge in [-0.2, -0.15) is 0 Å². The van der Waals surface area contributed by atoms with Crippen LogP contribution in [0.1, 0.15) is 25.8 Å². The van der Waals surface area contributed by atoms with Gasteiger partial charge in [0.05, 0.1) is 17.0 Å². The summed E-state index contributed by atoms with van der Waals surface area (Å²) in [5, 5.41) is 2.46. The second-order valence-electron chi connectivity index (χ2n) is 7.99. The lowest BCUT2D eigenvalue weighted by Gasteiger charge is -2.35. The quantitative estimate of drug-likeness (QED) is 0.459. The zero-order chi connectivity index (χ0) is 20.5. The van der Waals surface area contributed by atoms with Gasteiger partial charge in [-0.15, -0.1) is 11.3 Å². The molecule has 0 saturated carbocycles. The van der Waals surface area contributed by atoms with Crippen molar-refractivity contribution in [1.82, 2.24) is 14.5 Å². The van der Waals surface area contributed by atoms with Crippen LogP contribution in [0.3, 0.4) is 0 Å². The summed E-state index contributed by atoms with van der Waals surface area (Å²) in [6.07, 6.45) is 1.17. The number of aryl methyl sites for hydroxylation is 1. The minimum atomic E-state index is -0.0746. The van der Waals surface area contributed by atoms with E-state index < -0.39 is 0 Å². The molecule has 1 fully saturated rings. The largest absolute Gasteiger partial charge is 0.341 e. The Labute approximate surface area is 178 Å². The van der Waals surface area contributed by atoms with Gasteiger partial charge in [0.25, 0.3) is 5.56 Å². The summed E-state index contributed by atoms with van der Waals surface area (Å²) in [7, 11) is 0. The van der Waals surface area contributed by atoms with Gasteiger partial charge in [-0.25, -0.2) is 4.98 Å². The first-order valence-corrected chi connectivity index (χ1v) is 11.8. The van der Waals surface area contributed by atoms with E-state index in [9.17, 15) is 9.59 Å². The Bertz CT molecular complexity index is 1090. The number of benzene rings is 1. The van der Waals surface area contributed by atoms with E-state index in [1.165, 1.54) is 29.5 Å². The van der Waals surface area contributed by atoms with Crippen LogP contribution in [-0.4, -0.2) is 39.2 Å². The average Bonchev–Trinajstić information content (AvgIpc) is 3.15. The number of rotatable bonds is 4. The summed E-state index contributed by atoms with van der Waals surface area (Å²) in [4.78, 5) is 32.8. The molecule has 2 aromatic heterocycles. The highest BCUT2D eigenvalue weighted by atomic mass is 32.2. The Kier molecular flexibility index (Phi) is 5.79. The number of fused-ring (bicyclic) bond motifs is 1. The number of para-hydroxylation sites is 1. The molecule has 1 aliphatic heterocycles. The standard InChI is InChI=1S/C22H25N3O2S2/c1-14-10-15(2)12-24(11-14)19(26)13-29-22-23-17-8-9-28-20(17)21(27)25(22)18-7-5-4-6-16(18)3/h4-9,14-15H,10-13H2,1-3H3/t14-,15-/m0/s1. The van der Waals surface area contributed by atoms with Crippen LogP contribution >= 0.6 is 23.1 Å². The van der Waals surface area contributed by atoms with E-state index in [2.05, 4.69) is 13.8 Å². The van der Waals surface area contributed by atoms with Crippen molar-refractivity contribution < 1.29 is 4.79 Å². The fraction of sp³-hybridized carbons (Fsp3) is 0.409. The highest BCUT2D eigenvalue weighted by Gasteiger charge is 2.26. The molecule has 0 aliphatic carbocycles. The van der Waals surface area contributed by atoms with Gasteiger partial charge in [0.15, 0.2) is 5.16 Å². The van der Waals surface area contributed by atoms with Crippen LogP contribution in [0.4, 0.5) is 0 Å². The van der Waals surface area contributed by atoms with Crippen molar-refractivity contribution in [3.63, 3.8) is 0 Å². The van der Waals surface area contributed by atoms with E-state index in [0.717, 1.165) is 24.3 Å². The highest BCUT2D eigenvalue weighted by Crippen LogP contribution is 2.26. The number of hydrogen-bond acceptors (Lipinski definition) is 5. The maximum absolute atomic E-state index is 13.2. The Hall–Kier alpha value is -2.12. The monoisotopic (exact) mass is 427 g/mol. The van der Waals surface area contributed by atoms with Gasteiger partial charge in [-0.1, -0.05) is 43.8 Å². The molecule has 1 aromatic carbocycles. The van der Waals surface area contributed by atoms with Gasteiger partial charge in [-0.3, -0.25) is 14.2 Å². The molecule has 4 rings (SSSR count). The number of carbonyl (C=O) groups excluding carboxylic acids is 1. The number of piperidine rings is 1. The molecule has 1 aliphatic rings. The van der Waals surface area contributed by atoms with Gasteiger partial charge in [-0.05, 0) is 48.3 Å². The number of nitrogens with zero attached hydrogens (tertiary/aromatic N) is 3. The molecule has 29 heavy (non-hydrogen) atoms. The summed E-state index contributed by atoms with van der Waals surface area (Å²) in [5.74, 6) is 1.45. The predicted molar refractivity (Wildman–Crippen MR) is 120 cm³/mol. The molecule has 7 heteroatoms. The number of hydrogen-bond donors (Lipinski definition) is 0. The van der Waals surface area contributed by atoms with Gasteiger partial charge < -0.3 is 4.90 Å². The van der Waals surface area contributed by atoms with E-state index in [1.54, 1.807) is 4.57 Å². The SMILES string of the molecule is Cc1ccccc1-n1c(SCC(=O)N2C[C@@H](C)C[C@H](C)C2)nc2ccsc2c1=O. The van der Waals surface area contributed by atoms with Crippen molar-refractivity contribution in [3.05, 3.63) is 51.6 Å². The van der Waals surface area contributed by atoms with Crippen molar-refractivity contribution in [1.29, 1.82) is 0 Å². The molecule has 3 aromatic rings. The molecule has 1 amide bonds. The Morgan fingerprint density at radius 1 is 1.21 bits per heavy atom. The molecule has 0 radical (unpaired) electrons. The second kappa shape index (κ2) is 8.32. The Balaban J connectivity index is 1.66. The Morgan fingerprint density at radius 2 is 1.93 bits per heavy atom. The van der Waals surface area contributed by atoms with E-state index in [4.69, 9.17) is 4.98 Å². The van der Waals surface area contributed by atoms with Crippen LogP contribution in [-0.2, 0) is 4.79 Å². The van der Waals surface area contributed by atoms with Crippen LogP contribution < -0.4 is 5.56 Å². The topological polar surface area (TPSA) is 55.2 Å². The minimum Gasteiger partial charge on any atom is -0.341 e. The zero-order valence-electron chi connectivity index (χ0n) is 16.9. The van der Waals surface area contributed by atoms with E-state index in [1.807, 2.05) is 47.5 Å². The third-order valence-corrected chi connectivity index (χ3v) is 7.17. The number of likely N-dealkylation sites (tertiary alicyclic amines) is 1. The lowest BCUT2D eigenvalue weighted by molar-refractivity contribution is -0.130. The van der Waals surface area contributed by atoms with Crippen molar-refractivity contribution in [3.8, 4) is 5.69 Å². The van der Waals surface area contributed by atoms with Crippen LogP contribution in [0.15, 0.2) is 45.7 Å². The maximum atomic E-state index is 13.2. The molecule has 2 atom stereocenters. The molecule has 0 unspecified atom stereocenters. The zero-order valence-corrected chi connectivity index (χ0v) is 18.6. The summed E-state index contributed by atoms with van der Waals surface area (Å²) < 4.78 is 2.30. The van der Waals surface area contributed by atoms with Crippen molar-refractivity contribution in [2.45, 2.75) is 32.3 Å². The van der Waals surface area contributed by atoms with Crippen LogP contribution in [0, 0.1) is 18.8 Å². The first-order valence-electron chi connectivity index (χ1n) is 9.91. The third kappa shape index (κ3) is 4.12. The number of carbonyl (C=O) groups is 1. The average molecular weight is 428 g/mol. The van der Waals surface area contributed by atoms with Gasteiger partial charge in [0.1, 0.15) is 4.70 Å². The summed E-state index contributed by atoms with van der Waals surface area (Å²) in [5.41, 5.74) is 2.43. The summed E-state index contributed by atoms with van der Waals surface area (Å²) >= 11 is 2.76. The lowest BCUT2D eigenvalue weighted by atomic mass is 9.92. The van der Waals surface area contributed by atoms with Crippen LogP contribution in [0.5, 0.6) is 0 Å². The molecule has 152 valence electrons. The number of thiophene rings is 1. The number of thioether (sulfide) groups is 1. The highest BCUT2D eigenvalue weighted by molar-refractivity contribution is 7.99. The van der Waals surface area contributed by atoms with Gasteiger partial charge in [0.2, 0.25) is 5.91 Å². The summed E-state index contributed by atoms with van der Waals surface area (Å²) in [6, 6.07) is 9.65. The molecule has 1 saturated heterocycles. The molecule has 0 spiro atoms. The van der Waals surface area contributed by atoms with E-state index in [0.29, 0.717) is 27.2 Å². The first-order chi connectivity index (χ1) is 13.9. The van der Waals surface area contributed by atoms with E-state index >= 15 is 0 Å². The van der Waals surface area contributed by atoms with Gasteiger partial charge in [0, 0.05) is 13.1 Å². The maximum Gasteiger partial charge on any atom is 0.276 e. The predicted octanol–water partition coefficient (Wildman–Crippen LogP) is 4.35. The molecule has 0 bridgehead atoms. The third-order valence-electron chi connectivity index (χ3n) is 5.35.